The summed E-state index contributed by atoms with van der Waals surface area (Å²) in [5.74, 6) is 8.32. The normalized spacial score (nSPS) is 17.0. The number of nitrogens with two attached hydrogens (primary N) is 1. The van der Waals surface area contributed by atoms with Crippen LogP contribution in [0.4, 0.5) is 11.6 Å². The van der Waals surface area contributed by atoms with Crippen molar-refractivity contribution in [1.82, 2.24) is 14.9 Å². The molecule has 21 heavy (non-hydrogen) atoms. The van der Waals surface area contributed by atoms with Gasteiger partial charge in [0.1, 0.15) is 18.2 Å². The Balaban J connectivity index is 2.03. The third-order valence-corrected chi connectivity index (χ3v) is 3.94. The summed E-state index contributed by atoms with van der Waals surface area (Å²) in [6.45, 7) is 3.73. The summed E-state index contributed by atoms with van der Waals surface area (Å²) in [6, 6.07) is 1.87. The fraction of sp³-hybridized carbons (Fsp3) is 0.714. The number of ether oxygens (including phenoxy) is 1. The molecule has 1 aliphatic rings. The number of anilines is 2. The van der Waals surface area contributed by atoms with Crippen LogP contribution in [0.2, 0.25) is 0 Å². The lowest BCUT2D eigenvalue weighted by molar-refractivity contribution is 0.178. The second-order valence-corrected chi connectivity index (χ2v) is 5.73. The zero-order valence-electron chi connectivity index (χ0n) is 13.2. The molecule has 3 N–H and O–H groups in total. The zero-order valence-corrected chi connectivity index (χ0v) is 13.2. The Morgan fingerprint density at radius 3 is 2.76 bits per heavy atom. The van der Waals surface area contributed by atoms with Gasteiger partial charge < -0.3 is 20.0 Å². The molecule has 0 saturated carbocycles. The van der Waals surface area contributed by atoms with E-state index >= 15 is 0 Å². The number of aromatic nitrogens is 2. The molecule has 118 valence electrons. The largest absolute Gasteiger partial charge is 0.377 e. The highest BCUT2D eigenvalue weighted by molar-refractivity contribution is 5.48. The van der Waals surface area contributed by atoms with Crippen molar-refractivity contribution in [3.8, 4) is 0 Å². The highest BCUT2D eigenvalue weighted by Crippen LogP contribution is 2.21. The fourth-order valence-corrected chi connectivity index (χ4v) is 2.67. The van der Waals surface area contributed by atoms with Gasteiger partial charge >= 0.3 is 0 Å². The number of piperidine rings is 1. The van der Waals surface area contributed by atoms with Crippen LogP contribution in [0, 0.1) is 5.92 Å². The Morgan fingerprint density at radius 2 is 2.14 bits per heavy atom. The van der Waals surface area contributed by atoms with Crippen molar-refractivity contribution in [3.05, 3.63) is 11.9 Å². The van der Waals surface area contributed by atoms with E-state index in [1.54, 1.807) is 7.11 Å². The van der Waals surface area contributed by atoms with Crippen LogP contribution in [-0.4, -0.2) is 55.7 Å². The van der Waals surface area contributed by atoms with Crippen LogP contribution in [0.5, 0.6) is 0 Å². The van der Waals surface area contributed by atoms with Crippen molar-refractivity contribution in [3.63, 3.8) is 0 Å². The summed E-state index contributed by atoms with van der Waals surface area (Å²) in [5.41, 5.74) is 2.59. The summed E-state index contributed by atoms with van der Waals surface area (Å²) in [4.78, 5) is 13.4. The van der Waals surface area contributed by atoms with E-state index < -0.39 is 0 Å². The molecule has 0 bridgehead atoms. The summed E-state index contributed by atoms with van der Waals surface area (Å²) < 4.78 is 5.11. The first-order valence-electron chi connectivity index (χ1n) is 7.35. The highest BCUT2D eigenvalue weighted by Gasteiger charge is 2.19. The van der Waals surface area contributed by atoms with Gasteiger partial charge in [0.2, 0.25) is 0 Å². The van der Waals surface area contributed by atoms with Crippen molar-refractivity contribution in [2.75, 3.05) is 51.2 Å². The highest BCUT2D eigenvalue weighted by atomic mass is 16.5. The quantitative estimate of drug-likeness (QED) is 0.590. The Morgan fingerprint density at radius 1 is 1.43 bits per heavy atom. The topological polar surface area (TPSA) is 79.5 Å². The monoisotopic (exact) mass is 294 g/mol. The molecule has 7 nitrogen and oxygen atoms in total. The van der Waals surface area contributed by atoms with Crippen molar-refractivity contribution in [2.45, 2.75) is 19.4 Å². The van der Waals surface area contributed by atoms with Gasteiger partial charge in [-0.05, 0) is 38.9 Å². The van der Waals surface area contributed by atoms with E-state index in [1.165, 1.54) is 25.9 Å². The van der Waals surface area contributed by atoms with Gasteiger partial charge in [-0.3, -0.25) is 0 Å². The molecule has 1 aliphatic heterocycles. The SMILES string of the molecule is COCc1nc(NN)cc(N(C)CC2CCN(C)CC2)n1. The first kappa shape index (κ1) is 15.9. The average Bonchev–Trinajstić information content (AvgIpc) is 2.49. The molecule has 0 radical (unpaired) electrons. The summed E-state index contributed by atoms with van der Waals surface area (Å²) in [7, 11) is 5.88. The van der Waals surface area contributed by atoms with Gasteiger partial charge in [0.15, 0.2) is 5.82 Å². The van der Waals surface area contributed by atoms with Gasteiger partial charge in [-0.2, -0.15) is 0 Å². The lowest BCUT2D eigenvalue weighted by Crippen LogP contribution is -2.36. The van der Waals surface area contributed by atoms with Crippen molar-refractivity contribution in [2.24, 2.45) is 11.8 Å². The fourth-order valence-electron chi connectivity index (χ4n) is 2.67. The predicted molar refractivity (Wildman–Crippen MR) is 84.0 cm³/mol. The lowest BCUT2D eigenvalue weighted by Gasteiger charge is -2.32. The van der Waals surface area contributed by atoms with E-state index in [2.05, 4.69) is 39.3 Å². The van der Waals surface area contributed by atoms with E-state index in [4.69, 9.17) is 10.6 Å². The Labute approximate surface area is 126 Å². The standard InChI is InChI=1S/C14H26N6O/c1-19-6-4-11(5-7-19)9-20(2)14-8-12(18-15)16-13(17-14)10-21-3/h8,11H,4-7,9-10,15H2,1-3H3,(H,16,17,18). The first-order valence-corrected chi connectivity index (χ1v) is 7.35. The predicted octanol–water partition coefficient (Wildman–Crippen LogP) is 0.687. The van der Waals surface area contributed by atoms with Crippen LogP contribution in [0.25, 0.3) is 0 Å². The molecule has 2 heterocycles. The maximum absolute atomic E-state index is 5.48. The molecule has 1 fully saturated rings. The molecule has 0 aromatic carbocycles. The number of methoxy groups -OCH3 is 1. The number of nitrogens with zero attached hydrogens (tertiary/aromatic N) is 4. The first-order chi connectivity index (χ1) is 10.1. The van der Waals surface area contributed by atoms with Gasteiger partial charge in [0.05, 0.1) is 0 Å². The van der Waals surface area contributed by atoms with Crippen LogP contribution >= 0.6 is 0 Å². The molecule has 0 amide bonds. The molecule has 0 spiro atoms. The Bertz CT molecular complexity index is 447. The molecular weight excluding hydrogens is 268 g/mol. The van der Waals surface area contributed by atoms with Crippen LogP contribution in [0.3, 0.4) is 0 Å². The smallest absolute Gasteiger partial charge is 0.158 e. The third-order valence-electron chi connectivity index (χ3n) is 3.94. The molecule has 2 rings (SSSR count). The molecule has 0 atom stereocenters. The minimum Gasteiger partial charge on any atom is -0.377 e. The molecule has 1 aromatic rings. The second kappa shape index (κ2) is 7.53. The Hall–Kier alpha value is -1.44. The second-order valence-electron chi connectivity index (χ2n) is 5.73. The van der Waals surface area contributed by atoms with E-state index in [0.717, 1.165) is 12.4 Å². The van der Waals surface area contributed by atoms with Crippen molar-refractivity contribution < 1.29 is 4.74 Å². The third kappa shape index (κ3) is 4.52. The minimum atomic E-state index is 0.380. The summed E-state index contributed by atoms with van der Waals surface area (Å²) in [5, 5.41) is 0. The molecule has 0 aliphatic carbocycles. The van der Waals surface area contributed by atoms with Gasteiger partial charge in [-0.1, -0.05) is 0 Å². The van der Waals surface area contributed by atoms with Gasteiger partial charge in [0.25, 0.3) is 0 Å². The van der Waals surface area contributed by atoms with Crippen LogP contribution < -0.4 is 16.2 Å². The summed E-state index contributed by atoms with van der Waals surface area (Å²) in [6.07, 6.45) is 2.47. The van der Waals surface area contributed by atoms with Crippen LogP contribution in [0.1, 0.15) is 18.7 Å². The van der Waals surface area contributed by atoms with E-state index in [0.29, 0.717) is 24.2 Å². The molecule has 7 heteroatoms. The van der Waals surface area contributed by atoms with Gasteiger partial charge in [-0.25, -0.2) is 15.8 Å². The van der Waals surface area contributed by atoms with Gasteiger partial charge in [-0.15, -0.1) is 0 Å². The number of nitrogen functional groups attached to an aromatic ring is 1. The lowest BCUT2D eigenvalue weighted by atomic mass is 9.97. The molecule has 0 unspecified atom stereocenters. The molecule has 1 aromatic heterocycles. The number of hydrazine groups is 1. The van der Waals surface area contributed by atoms with Gasteiger partial charge in [0, 0.05) is 26.8 Å². The zero-order chi connectivity index (χ0) is 15.2. The van der Waals surface area contributed by atoms with E-state index in [1.807, 2.05) is 6.07 Å². The number of rotatable bonds is 6. The number of nitrogens with one attached hydrogen (secondary N) is 1. The number of hydrogen-bond donors (Lipinski definition) is 2. The maximum Gasteiger partial charge on any atom is 0.158 e. The average molecular weight is 294 g/mol. The molecular formula is C14H26N6O. The molecule has 1 saturated heterocycles. The minimum absolute atomic E-state index is 0.380. The van der Waals surface area contributed by atoms with Crippen LogP contribution in [-0.2, 0) is 11.3 Å². The number of hydrogen-bond acceptors (Lipinski definition) is 7. The Kier molecular flexibility index (Phi) is 5.72. The number of likely N-dealkylation sites (tertiary alicyclic amines) is 1. The van der Waals surface area contributed by atoms with Crippen LogP contribution in [0.15, 0.2) is 6.07 Å². The van der Waals surface area contributed by atoms with Crippen molar-refractivity contribution in [1.29, 1.82) is 0 Å². The van der Waals surface area contributed by atoms with Crippen molar-refractivity contribution >= 4 is 11.6 Å². The van der Waals surface area contributed by atoms with E-state index in [-0.39, 0.29) is 0 Å². The maximum atomic E-state index is 5.48. The summed E-state index contributed by atoms with van der Waals surface area (Å²) >= 11 is 0. The van der Waals surface area contributed by atoms with E-state index in [9.17, 15) is 0 Å².